The van der Waals surface area contributed by atoms with Crippen LogP contribution in [0.1, 0.15) is 62.8 Å². The van der Waals surface area contributed by atoms with Gasteiger partial charge < -0.3 is 10.2 Å². The second-order valence-electron chi connectivity index (χ2n) is 8.28. The van der Waals surface area contributed by atoms with Crippen LogP contribution in [0, 0.1) is 19.8 Å². The average molecular weight is 402 g/mol. The number of hydrogen-bond donors (Lipinski definition) is 1. The molecule has 2 aliphatic rings. The lowest BCUT2D eigenvalue weighted by molar-refractivity contribution is -0.126. The van der Waals surface area contributed by atoms with Crippen molar-refractivity contribution in [1.29, 1.82) is 0 Å². The lowest BCUT2D eigenvalue weighted by Gasteiger charge is -2.31. The summed E-state index contributed by atoms with van der Waals surface area (Å²) in [6, 6.07) is 4.61. The highest BCUT2D eigenvalue weighted by Crippen LogP contribution is 2.29. The number of rotatable bonds is 4. The number of aryl methyl sites for hydroxylation is 2. The van der Waals surface area contributed by atoms with Crippen LogP contribution in [0.25, 0.3) is 5.13 Å². The second kappa shape index (κ2) is 8.64. The molecule has 2 fully saturated rings. The van der Waals surface area contributed by atoms with Crippen LogP contribution in [0.5, 0.6) is 0 Å². The second-order valence-corrected chi connectivity index (χ2v) is 9.21. The molecule has 1 aliphatic carbocycles. The molecule has 0 bridgehead atoms. The zero-order valence-electron chi connectivity index (χ0n) is 17.0. The van der Waals surface area contributed by atoms with Gasteiger partial charge in [-0.15, -0.1) is 10.2 Å². The molecule has 1 saturated heterocycles. The number of nitrogens with zero attached hydrogens (tertiary/aromatic N) is 4. The topological polar surface area (TPSA) is 63.1 Å². The van der Waals surface area contributed by atoms with Gasteiger partial charge in [-0.25, -0.2) is 0 Å². The molecular weight excluding hydrogens is 370 g/mol. The van der Waals surface area contributed by atoms with E-state index in [4.69, 9.17) is 0 Å². The van der Waals surface area contributed by atoms with Gasteiger partial charge in [0.1, 0.15) is 0 Å². The van der Waals surface area contributed by atoms with Crippen LogP contribution in [0.3, 0.4) is 0 Å². The Hall–Kier alpha value is -1.89. The molecule has 1 amide bonds. The minimum absolute atomic E-state index is 0.140. The smallest absolute Gasteiger partial charge is 0.223 e. The zero-order valence-corrected chi connectivity index (χ0v) is 17.8. The monoisotopic (exact) mass is 401 g/mol. The first-order valence-corrected chi connectivity index (χ1v) is 11.5. The Morgan fingerprint density at radius 1 is 0.964 bits per heavy atom. The van der Waals surface area contributed by atoms with Gasteiger partial charge in [-0.2, -0.15) is 0 Å². The number of carbonyl (C=O) groups is 1. The van der Waals surface area contributed by atoms with Gasteiger partial charge in [-0.05, 0) is 51.7 Å². The molecule has 2 aromatic heterocycles. The van der Waals surface area contributed by atoms with Crippen molar-refractivity contribution in [2.45, 2.75) is 71.3 Å². The summed E-state index contributed by atoms with van der Waals surface area (Å²) in [5, 5.41) is 14.0. The molecule has 6 nitrogen and oxygen atoms in total. The number of amides is 1. The summed E-state index contributed by atoms with van der Waals surface area (Å²) in [5.41, 5.74) is 2.35. The molecule has 28 heavy (non-hydrogen) atoms. The Balaban J connectivity index is 1.32. The van der Waals surface area contributed by atoms with E-state index in [0.29, 0.717) is 6.04 Å². The van der Waals surface area contributed by atoms with Gasteiger partial charge in [0.05, 0.1) is 0 Å². The molecular formula is C21H31N5OS. The van der Waals surface area contributed by atoms with Crippen LogP contribution in [0.4, 0.5) is 5.13 Å². The molecule has 0 radical (unpaired) electrons. The number of anilines is 1. The molecule has 1 N–H and O–H groups in total. The Morgan fingerprint density at radius 2 is 1.57 bits per heavy atom. The van der Waals surface area contributed by atoms with Crippen molar-refractivity contribution in [2.24, 2.45) is 5.92 Å². The van der Waals surface area contributed by atoms with Crippen molar-refractivity contribution in [1.82, 2.24) is 20.1 Å². The Kier molecular flexibility index (Phi) is 5.99. The number of carbonyl (C=O) groups excluding carboxylic acids is 1. The third-order valence-corrected chi connectivity index (χ3v) is 7.17. The molecule has 1 saturated carbocycles. The summed E-state index contributed by atoms with van der Waals surface area (Å²) >= 11 is 1.63. The van der Waals surface area contributed by atoms with E-state index in [2.05, 4.69) is 51.0 Å². The van der Waals surface area contributed by atoms with Crippen molar-refractivity contribution in [3.63, 3.8) is 0 Å². The van der Waals surface area contributed by atoms with Gasteiger partial charge in [-0.1, -0.05) is 37.0 Å². The molecule has 4 rings (SSSR count). The van der Waals surface area contributed by atoms with Gasteiger partial charge in [0, 0.05) is 36.4 Å². The summed E-state index contributed by atoms with van der Waals surface area (Å²) in [6.45, 7) is 5.93. The molecule has 0 unspecified atom stereocenters. The Bertz CT molecular complexity index is 778. The van der Waals surface area contributed by atoms with E-state index >= 15 is 0 Å². The molecule has 2 aromatic rings. The van der Waals surface area contributed by atoms with E-state index in [1.807, 2.05) is 0 Å². The minimum atomic E-state index is 0.140. The van der Waals surface area contributed by atoms with Crippen LogP contribution in [0.15, 0.2) is 12.1 Å². The molecule has 0 aromatic carbocycles. The summed E-state index contributed by atoms with van der Waals surface area (Å²) in [6.07, 6.45) is 9.23. The van der Waals surface area contributed by atoms with Crippen LogP contribution < -0.4 is 10.2 Å². The highest BCUT2D eigenvalue weighted by molar-refractivity contribution is 7.17. The fraction of sp³-hybridized carbons (Fsp3) is 0.667. The van der Waals surface area contributed by atoms with E-state index in [1.54, 1.807) is 11.3 Å². The first-order chi connectivity index (χ1) is 13.6. The molecule has 0 atom stereocenters. The number of piperidine rings is 1. The largest absolute Gasteiger partial charge is 0.353 e. The summed E-state index contributed by atoms with van der Waals surface area (Å²) in [5.74, 6) is 0.406. The predicted octanol–water partition coefficient (Wildman–Crippen LogP) is 4.00. The standard InChI is InChI=1S/C21H31N5OS/c1-15-9-10-16(2)26(15)21-24-23-20(28-21)25-13-11-17(12-14-25)19(27)22-18-7-5-3-4-6-8-18/h9-10,17-18H,3-8,11-14H2,1-2H3,(H,22,27). The van der Waals surface area contributed by atoms with Crippen LogP contribution >= 0.6 is 11.3 Å². The summed E-state index contributed by atoms with van der Waals surface area (Å²) in [4.78, 5) is 15.0. The van der Waals surface area contributed by atoms with Crippen molar-refractivity contribution >= 4 is 22.4 Å². The van der Waals surface area contributed by atoms with Gasteiger partial charge in [-0.3, -0.25) is 9.36 Å². The zero-order chi connectivity index (χ0) is 19.5. The maximum atomic E-state index is 12.7. The normalized spacial score (nSPS) is 19.6. The maximum Gasteiger partial charge on any atom is 0.223 e. The SMILES string of the molecule is Cc1ccc(C)n1-c1nnc(N2CCC(C(=O)NC3CCCCCC3)CC2)s1. The molecule has 1 aliphatic heterocycles. The molecule has 152 valence electrons. The molecule has 0 spiro atoms. The van der Waals surface area contributed by atoms with E-state index in [0.717, 1.165) is 49.0 Å². The average Bonchev–Trinajstić information content (AvgIpc) is 3.21. The van der Waals surface area contributed by atoms with E-state index in [9.17, 15) is 4.79 Å². The summed E-state index contributed by atoms with van der Waals surface area (Å²) < 4.78 is 2.15. The van der Waals surface area contributed by atoms with E-state index in [-0.39, 0.29) is 11.8 Å². The highest BCUT2D eigenvalue weighted by atomic mass is 32.1. The molecule has 3 heterocycles. The third kappa shape index (κ3) is 4.24. The maximum absolute atomic E-state index is 12.7. The minimum Gasteiger partial charge on any atom is -0.353 e. The van der Waals surface area contributed by atoms with Crippen molar-refractivity contribution in [3.8, 4) is 5.13 Å². The van der Waals surface area contributed by atoms with Gasteiger partial charge in [0.2, 0.25) is 16.2 Å². The lowest BCUT2D eigenvalue weighted by Crippen LogP contribution is -2.43. The van der Waals surface area contributed by atoms with Gasteiger partial charge in [0.25, 0.3) is 0 Å². The van der Waals surface area contributed by atoms with Gasteiger partial charge in [0.15, 0.2) is 0 Å². The van der Waals surface area contributed by atoms with Crippen LogP contribution in [-0.4, -0.2) is 39.8 Å². The Labute approximate surface area is 171 Å². The predicted molar refractivity (Wildman–Crippen MR) is 113 cm³/mol. The fourth-order valence-electron chi connectivity index (χ4n) is 4.47. The van der Waals surface area contributed by atoms with E-state index in [1.165, 1.54) is 37.1 Å². The van der Waals surface area contributed by atoms with Crippen molar-refractivity contribution < 1.29 is 4.79 Å². The van der Waals surface area contributed by atoms with Crippen LogP contribution in [0.2, 0.25) is 0 Å². The quantitative estimate of drug-likeness (QED) is 0.787. The number of hydrogen-bond acceptors (Lipinski definition) is 5. The van der Waals surface area contributed by atoms with Crippen molar-refractivity contribution in [3.05, 3.63) is 23.5 Å². The first kappa shape index (κ1) is 19.4. The number of nitrogens with one attached hydrogen (secondary N) is 1. The fourth-order valence-corrected chi connectivity index (χ4v) is 5.49. The third-order valence-electron chi connectivity index (χ3n) is 6.20. The first-order valence-electron chi connectivity index (χ1n) is 10.7. The highest BCUT2D eigenvalue weighted by Gasteiger charge is 2.28. The van der Waals surface area contributed by atoms with E-state index < -0.39 is 0 Å². The van der Waals surface area contributed by atoms with Crippen molar-refractivity contribution in [2.75, 3.05) is 18.0 Å². The van der Waals surface area contributed by atoms with Crippen LogP contribution in [-0.2, 0) is 4.79 Å². The number of aromatic nitrogens is 3. The Morgan fingerprint density at radius 3 is 2.21 bits per heavy atom. The summed E-state index contributed by atoms with van der Waals surface area (Å²) in [7, 11) is 0. The lowest BCUT2D eigenvalue weighted by atomic mass is 9.95. The van der Waals surface area contributed by atoms with Gasteiger partial charge >= 0.3 is 0 Å². The molecule has 7 heteroatoms.